The van der Waals surface area contributed by atoms with Crippen LogP contribution in [-0.2, 0) is 9.59 Å². The number of aromatic nitrogens is 2. The highest BCUT2D eigenvalue weighted by atomic mass is 16.2. The molecule has 0 aliphatic carbocycles. The number of nitrogens with zero attached hydrogens (tertiary/aromatic N) is 5. The SMILES string of the molecule is N#Cc1cc2c(cc1-n1ccnc1)=NC(=O)C(=O)N=2. The number of carbonyl (C=O) groups excluding carboxylic acids is 2. The number of benzene rings is 1. The minimum absolute atomic E-state index is 0.227. The summed E-state index contributed by atoms with van der Waals surface area (Å²) in [6, 6.07) is 4.97. The Morgan fingerprint density at radius 3 is 2.37 bits per heavy atom. The van der Waals surface area contributed by atoms with Crippen molar-refractivity contribution in [3.05, 3.63) is 47.1 Å². The Bertz CT molecular complexity index is 859. The molecule has 2 aromatic rings. The van der Waals surface area contributed by atoms with Crippen LogP contribution in [0.15, 0.2) is 40.8 Å². The van der Waals surface area contributed by atoms with E-state index in [-0.39, 0.29) is 10.7 Å². The van der Waals surface area contributed by atoms with Gasteiger partial charge in [0.2, 0.25) is 0 Å². The van der Waals surface area contributed by atoms with Crippen molar-refractivity contribution < 1.29 is 9.59 Å². The molecule has 2 heterocycles. The monoisotopic (exact) mass is 251 g/mol. The van der Waals surface area contributed by atoms with Crippen molar-refractivity contribution in [2.75, 3.05) is 0 Å². The number of hydrogen-bond acceptors (Lipinski definition) is 4. The van der Waals surface area contributed by atoms with E-state index in [1.54, 1.807) is 17.0 Å². The second-order valence-corrected chi connectivity index (χ2v) is 3.77. The first-order valence-electron chi connectivity index (χ1n) is 5.27. The highest BCUT2D eigenvalue weighted by Gasteiger charge is 2.17. The number of amides is 2. The van der Waals surface area contributed by atoms with Crippen molar-refractivity contribution in [2.24, 2.45) is 9.98 Å². The van der Waals surface area contributed by atoms with Gasteiger partial charge in [0.25, 0.3) is 0 Å². The summed E-state index contributed by atoms with van der Waals surface area (Å²) in [5.41, 5.74) is 0.845. The van der Waals surface area contributed by atoms with Crippen molar-refractivity contribution in [3.63, 3.8) is 0 Å². The van der Waals surface area contributed by atoms with Gasteiger partial charge >= 0.3 is 11.8 Å². The fraction of sp³-hybridized carbons (Fsp3) is 0. The fourth-order valence-electron chi connectivity index (χ4n) is 1.76. The van der Waals surface area contributed by atoms with E-state index in [0.717, 1.165) is 0 Å². The van der Waals surface area contributed by atoms with Crippen LogP contribution in [0, 0.1) is 11.3 Å². The van der Waals surface area contributed by atoms with Crippen LogP contribution in [-0.4, -0.2) is 21.4 Å². The third-order valence-electron chi connectivity index (χ3n) is 2.62. The van der Waals surface area contributed by atoms with Gasteiger partial charge in [0.05, 0.1) is 28.3 Å². The summed E-state index contributed by atoms with van der Waals surface area (Å²) < 4.78 is 1.62. The van der Waals surface area contributed by atoms with Crippen LogP contribution < -0.4 is 10.7 Å². The molecular formula is C12H5N5O2. The van der Waals surface area contributed by atoms with Gasteiger partial charge in [-0.25, -0.2) is 15.0 Å². The molecule has 7 heteroatoms. The Balaban J connectivity index is 2.37. The molecule has 0 radical (unpaired) electrons. The van der Waals surface area contributed by atoms with Gasteiger partial charge in [0.15, 0.2) is 0 Å². The lowest BCUT2D eigenvalue weighted by atomic mass is 10.1. The smallest absolute Gasteiger partial charge is 0.305 e. The zero-order valence-electron chi connectivity index (χ0n) is 9.44. The van der Waals surface area contributed by atoms with Crippen LogP contribution >= 0.6 is 0 Å². The third-order valence-corrected chi connectivity index (χ3v) is 2.62. The van der Waals surface area contributed by atoms with Crippen molar-refractivity contribution in [2.45, 2.75) is 0 Å². The van der Waals surface area contributed by atoms with E-state index in [2.05, 4.69) is 15.0 Å². The molecule has 1 aromatic carbocycles. The number of nitriles is 1. The van der Waals surface area contributed by atoms with Gasteiger partial charge in [-0.1, -0.05) is 0 Å². The molecule has 0 atom stereocenters. The lowest BCUT2D eigenvalue weighted by molar-refractivity contribution is -0.135. The molecule has 0 fully saturated rings. The summed E-state index contributed by atoms with van der Waals surface area (Å²) >= 11 is 0. The highest BCUT2D eigenvalue weighted by Crippen LogP contribution is 2.09. The largest absolute Gasteiger partial charge is 0.338 e. The average molecular weight is 251 g/mol. The van der Waals surface area contributed by atoms with E-state index in [4.69, 9.17) is 5.26 Å². The second kappa shape index (κ2) is 3.96. The Labute approximate surface area is 106 Å². The lowest BCUT2D eigenvalue weighted by Gasteiger charge is -2.05. The van der Waals surface area contributed by atoms with Crippen LogP contribution in [0.25, 0.3) is 5.69 Å². The van der Waals surface area contributed by atoms with E-state index < -0.39 is 11.8 Å². The number of imidazole rings is 1. The maximum absolute atomic E-state index is 11.2. The number of fused-ring (bicyclic) bond motifs is 1. The summed E-state index contributed by atoms with van der Waals surface area (Å²) in [4.78, 5) is 33.5. The van der Waals surface area contributed by atoms with E-state index in [1.807, 2.05) is 6.07 Å². The van der Waals surface area contributed by atoms with Gasteiger partial charge in [-0.2, -0.15) is 5.26 Å². The normalized spacial score (nSPS) is 13.2. The van der Waals surface area contributed by atoms with E-state index >= 15 is 0 Å². The van der Waals surface area contributed by atoms with Crippen LogP contribution in [0.3, 0.4) is 0 Å². The Hall–Kier alpha value is -3.14. The van der Waals surface area contributed by atoms with E-state index in [0.29, 0.717) is 11.3 Å². The van der Waals surface area contributed by atoms with Crippen molar-refractivity contribution in [1.82, 2.24) is 9.55 Å². The van der Waals surface area contributed by atoms with Crippen molar-refractivity contribution >= 4 is 11.8 Å². The quantitative estimate of drug-likeness (QED) is 0.610. The first kappa shape index (κ1) is 11.0. The minimum Gasteiger partial charge on any atom is -0.305 e. The molecule has 0 bridgehead atoms. The van der Waals surface area contributed by atoms with Crippen LogP contribution in [0.5, 0.6) is 0 Å². The zero-order chi connectivity index (χ0) is 13.4. The van der Waals surface area contributed by atoms with Crippen LogP contribution in [0.2, 0.25) is 0 Å². The number of hydrogen-bond donors (Lipinski definition) is 0. The topological polar surface area (TPSA) is 100 Å². The van der Waals surface area contributed by atoms with E-state index in [1.165, 1.54) is 18.5 Å². The molecule has 0 spiro atoms. The number of carbonyl (C=O) groups is 2. The predicted octanol–water partition coefficient (Wildman–Crippen LogP) is -0.950. The van der Waals surface area contributed by atoms with Crippen molar-refractivity contribution in [3.8, 4) is 11.8 Å². The van der Waals surface area contributed by atoms with Gasteiger partial charge in [0.1, 0.15) is 6.07 Å². The maximum Gasteiger partial charge on any atom is 0.338 e. The lowest BCUT2D eigenvalue weighted by Crippen LogP contribution is -2.35. The molecule has 90 valence electrons. The molecule has 3 rings (SSSR count). The maximum atomic E-state index is 11.2. The Morgan fingerprint density at radius 1 is 1.11 bits per heavy atom. The van der Waals surface area contributed by atoms with Gasteiger partial charge in [-0.05, 0) is 12.1 Å². The summed E-state index contributed by atoms with van der Waals surface area (Å²) in [7, 11) is 0. The van der Waals surface area contributed by atoms with Gasteiger partial charge in [-0.15, -0.1) is 0 Å². The van der Waals surface area contributed by atoms with Gasteiger partial charge in [-0.3, -0.25) is 9.59 Å². The van der Waals surface area contributed by atoms with Crippen molar-refractivity contribution in [1.29, 1.82) is 5.26 Å². The third kappa shape index (κ3) is 1.71. The van der Waals surface area contributed by atoms with Crippen LogP contribution in [0.4, 0.5) is 0 Å². The number of rotatable bonds is 1. The standard InChI is InChI=1S/C12H5N5O2/c13-5-7-3-8-9(16-12(19)11(18)15-8)4-10(7)17-2-1-14-6-17/h1-4,6H. The first-order chi connectivity index (χ1) is 9.19. The molecular weight excluding hydrogens is 246 g/mol. The summed E-state index contributed by atoms with van der Waals surface area (Å²) in [6.07, 6.45) is 4.75. The Morgan fingerprint density at radius 2 is 1.79 bits per heavy atom. The average Bonchev–Trinajstić information content (AvgIpc) is 2.92. The zero-order valence-corrected chi connectivity index (χ0v) is 9.44. The summed E-state index contributed by atoms with van der Waals surface area (Å²) in [5.74, 6) is -1.83. The molecule has 7 nitrogen and oxygen atoms in total. The van der Waals surface area contributed by atoms with Crippen LogP contribution in [0.1, 0.15) is 5.56 Å². The molecule has 1 aliphatic heterocycles. The van der Waals surface area contributed by atoms with Gasteiger partial charge in [0, 0.05) is 12.4 Å². The van der Waals surface area contributed by atoms with Gasteiger partial charge < -0.3 is 4.57 Å². The second-order valence-electron chi connectivity index (χ2n) is 3.77. The molecule has 0 N–H and O–H groups in total. The molecule has 19 heavy (non-hydrogen) atoms. The molecule has 0 unspecified atom stereocenters. The summed E-state index contributed by atoms with van der Waals surface area (Å²) in [6.45, 7) is 0. The summed E-state index contributed by atoms with van der Waals surface area (Å²) in [5, 5.41) is 9.63. The molecule has 0 saturated heterocycles. The molecule has 1 aromatic heterocycles. The highest BCUT2D eigenvalue weighted by molar-refractivity contribution is 6.36. The predicted molar refractivity (Wildman–Crippen MR) is 60.6 cm³/mol. The Kier molecular flexibility index (Phi) is 2.29. The van der Waals surface area contributed by atoms with E-state index in [9.17, 15) is 9.59 Å². The minimum atomic E-state index is -0.924. The molecule has 1 aliphatic rings. The molecule has 2 amide bonds. The first-order valence-corrected chi connectivity index (χ1v) is 5.27. The molecule has 0 saturated carbocycles. The fourth-order valence-corrected chi connectivity index (χ4v) is 1.76.